The molecule has 1 aliphatic heterocycles. The van der Waals surface area contributed by atoms with Crippen LogP contribution in [0.3, 0.4) is 0 Å². The largest absolute Gasteiger partial charge is 0.456 e. The van der Waals surface area contributed by atoms with Crippen LogP contribution in [0.1, 0.15) is 82.9 Å². The summed E-state index contributed by atoms with van der Waals surface area (Å²) in [5, 5.41) is 2.43. The van der Waals surface area contributed by atoms with E-state index in [0.717, 1.165) is 30.6 Å². The molecule has 0 amide bonds. The van der Waals surface area contributed by atoms with Crippen LogP contribution in [0.5, 0.6) is 0 Å². The van der Waals surface area contributed by atoms with Gasteiger partial charge >= 0.3 is 0 Å². The fraction of sp³-hybridized carbons (Fsp3) is 0.364. The van der Waals surface area contributed by atoms with Gasteiger partial charge < -0.3 is 4.42 Å². The van der Waals surface area contributed by atoms with Gasteiger partial charge in [0.2, 0.25) is 0 Å². The van der Waals surface area contributed by atoms with Gasteiger partial charge in [0.05, 0.1) is 5.56 Å². The molecular formula is C33H37N2O+. The van der Waals surface area contributed by atoms with E-state index in [2.05, 4.69) is 118 Å². The molecule has 3 aromatic carbocycles. The predicted molar refractivity (Wildman–Crippen MR) is 149 cm³/mol. The Bertz CT molecular complexity index is 1590. The molecule has 0 unspecified atom stereocenters. The zero-order chi connectivity index (χ0) is 25.2. The van der Waals surface area contributed by atoms with Gasteiger partial charge in [0, 0.05) is 27.3 Å². The van der Waals surface area contributed by atoms with Crippen LogP contribution in [0.15, 0.2) is 71.4 Å². The zero-order valence-corrected chi connectivity index (χ0v) is 22.4. The molecule has 3 nitrogen and oxygen atoms in total. The van der Waals surface area contributed by atoms with Crippen molar-refractivity contribution in [3.05, 3.63) is 83.7 Å². The lowest BCUT2D eigenvalue weighted by molar-refractivity contribution is -0.696. The van der Waals surface area contributed by atoms with Crippen LogP contribution in [-0.4, -0.2) is 4.57 Å². The van der Waals surface area contributed by atoms with Crippen LogP contribution in [-0.2, 0) is 12.0 Å². The lowest BCUT2D eigenvalue weighted by Gasteiger charge is -2.35. The van der Waals surface area contributed by atoms with Crippen LogP contribution in [0, 0.1) is 0 Å². The number of furan rings is 1. The van der Waals surface area contributed by atoms with E-state index in [9.17, 15) is 0 Å². The molecule has 3 heteroatoms. The Morgan fingerprint density at radius 2 is 1.64 bits per heavy atom. The first-order valence-electron chi connectivity index (χ1n) is 13.6. The van der Waals surface area contributed by atoms with Crippen LogP contribution < -0.4 is 4.57 Å². The average molecular weight is 478 g/mol. The summed E-state index contributed by atoms with van der Waals surface area (Å²) in [5.41, 5.74) is 8.96. The lowest BCUT2D eigenvalue weighted by Crippen LogP contribution is -2.50. The van der Waals surface area contributed by atoms with E-state index in [1.165, 1.54) is 44.5 Å². The maximum Gasteiger partial charge on any atom is 0.294 e. The molecule has 0 radical (unpaired) electrons. The smallest absolute Gasteiger partial charge is 0.294 e. The standard InChI is InChI=1S/C33H37N2O/c1-7-33(8-2)20-34-17-18-35(32(34)24-14-9-11-15-27(24)33)30-25(21(3)4)19-26-23-13-10-12-16-28(23)36-31(26)29(30)22(5)6/h9-19,21-22H,7-8,20H2,1-6H3/q+1. The van der Waals surface area contributed by atoms with Crippen LogP contribution in [0.4, 0.5) is 0 Å². The Balaban J connectivity index is 1.72. The number of imidazole rings is 1. The SMILES string of the molecule is CCC1(CC)C[n+]2ccn(-c3c(C(C)C)cc4c(oc5ccccc54)c3C(C)C)c2-c2ccccc21. The van der Waals surface area contributed by atoms with Crippen LogP contribution >= 0.6 is 0 Å². The number of hydrogen-bond donors (Lipinski definition) is 0. The molecule has 184 valence electrons. The number of rotatable bonds is 5. The normalized spacial score (nSPS) is 14.7. The molecule has 0 saturated heterocycles. The molecule has 0 bridgehead atoms. The molecule has 0 aliphatic carbocycles. The fourth-order valence-electron chi connectivity index (χ4n) is 6.57. The summed E-state index contributed by atoms with van der Waals surface area (Å²) in [6.07, 6.45) is 6.85. The minimum Gasteiger partial charge on any atom is -0.456 e. The lowest BCUT2D eigenvalue weighted by atomic mass is 9.72. The van der Waals surface area contributed by atoms with E-state index in [0.29, 0.717) is 11.8 Å². The summed E-state index contributed by atoms with van der Waals surface area (Å²) in [4.78, 5) is 0. The highest BCUT2D eigenvalue weighted by molar-refractivity contribution is 6.07. The van der Waals surface area contributed by atoms with Gasteiger partial charge in [-0.2, -0.15) is 4.57 Å². The van der Waals surface area contributed by atoms with Crippen molar-refractivity contribution in [1.82, 2.24) is 4.57 Å². The van der Waals surface area contributed by atoms with Crippen molar-refractivity contribution in [3.63, 3.8) is 0 Å². The zero-order valence-electron chi connectivity index (χ0n) is 22.4. The molecule has 0 atom stereocenters. The molecule has 36 heavy (non-hydrogen) atoms. The third-order valence-electron chi connectivity index (χ3n) is 8.61. The second-order valence-corrected chi connectivity index (χ2v) is 11.2. The summed E-state index contributed by atoms with van der Waals surface area (Å²) >= 11 is 0. The summed E-state index contributed by atoms with van der Waals surface area (Å²) < 4.78 is 11.5. The third-order valence-corrected chi connectivity index (χ3v) is 8.61. The van der Waals surface area contributed by atoms with Crippen molar-refractivity contribution in [2.45, 2.75) is 78.2 Å². The molecule has 0 fully saturated rings. The third kappa shape index (κ3) is 3.14. The number of para-hydroxylation sites is 1. The van der Waals surface area contributed by atoms with Gasteiger partial charge in [-0.15, -0.1) is 0 Å². The van der Waals surface area contributed by atoms with E-state index >= 15 is 0 Å². The topological polar surface area (TPSA) is 21.9 Å². The first-order valence-corrected chi connectivity index (χ1v) is 13.6. The first kappa shape index (κ1) is 23.1. The van der Waals surface area contributed by atoms with Crippen LogP contribution in [0.25, 0.3) is 39.0 Å². The molecule has 1 aliphatic rings. The highest BCUT2D eigenvalue weighted by Gasteiger charge is 2.42. The maximum atomic E-state index is 6.58. The van der Waals surface area contributed by atoms with Crippen molar-refractivity contribution < 1.29 is 8.98 Å². The van der Waals surface area contributed by atoms with Gasteiger partial charge in [-0.25, -0.2) is 4.57 Å². The first-order chi connectivity index (χ1) is 17.4. The van der Waals surface area contributed by atoms with Gasteiger partial charge in [0.25, 0.3) is 5.82 Å². The van der Waals surface area contributed by atoms with Gasteiger partial charge in [-0.3, -0.25) is 0 Å². The van der Waals surface area contributed by atoms with Crippen LogP contribution in [0.2, 0.25) is 0 Å². The monoisotopic (exact) mass is 477 g/mol. The fourth-order valence-corrected chi connectivity index (χ4v) is 6.57. The molecule has 5 aromatic rings. The van der Waals surface area contributed by atoms with Gasteiger partial charge in [0.15, 0.2) is 0 Å². The van der Waals surface area contributed by atoms with E-state index < -0.39 is 0 Å². The Morgan fingerprint density at radius 3 is 2.36 bits per heavy atom. The molecular weight excluding hydrogens is 440 g/mol. The highest BCUT2D eigenvalue weighted by Crippen LogP contribution is 2.45. The summed E-state index contributed by atoms with van der Waals surface area (Å²) in [6, 6.07) is 19.9. The summed E-state index contributed by atoms with van der Waals surface area (Å²) in [6.45, 7) is 14.9. The minimum absolute atomic E-state index is 0.172. The molecule has 0 saturated carbocycles. The van der Waals surface area contributed by atoms with Gasteiger partial charge in [-0.05, 0) is 48.4 Å². The summed E-state index contributed by atoms with van der Waals surface area (Å²) in [5.74, 6) is 1.97. The van der Waals surface area contributed by atoms with Crippen molar-refractivity contribution in [1.29, 1.82) is 0 Å². The van der Waals surface area contributed by atoms with Crippen molar-refractivity contribution >= 4 is 21.9 Å². The second kappa shape index (κ2) is 8.37. The van der Waals surface area contributed by atoms with E-state index in [-0.39, 0.29) is 5.41 Å². The predicted octanol–water partition coefficient (Wildman–Crippen LogP) is 8.65. The quantitative estimate of drug-likeness (QED) is 0.232. The van der Waals surface area contributed by atoms with E-state index in [1.807, 2.05) is 0 Å². The maximum absolute atomic E-state index is 6.58. The highest BCUT2D eigenvalue weighted by atomic mass is 16.3. The molecule has 0 spiro atoms. The van der Waals surface area contributed by atoms with Gasteiger partial charge in [-0.1, -0.05) is 77.9 Å². The number of hydrogen-bond acceptors (Lipinski definition) is 1. The van der Waals surface area contributed by atoms with Gasteiger partial charge in [0.1, 0.15) is 35.8 Å². The summed E-state index contributed by atoms with van der Waals surface area (Å²) in [7, 11) is 0. The number of aromatic nitrogens is 2. The Hall–Kier alpha value is -3.33. The molecule has 2 aromatic heterocycles. The minimum atomic E-state index is 0.172. The number of benzene rings is 3. The van der Waals surface area contributed by atoms with E-state index in [1.54, 1.807) is 0 Å². The Labute approximate surface area is 214 Å². The number of fused-ring (bicyclic) bond motifs is 6. The molecule has 6 rings (SSSR count). The van der Waals surface area contributed by atoms with Crippen molar-refractivity contribution in [3.8, 4) is 17.1 Å². The Kier molecular flexibility index (Phi) is 5.37. The molecule has 3 heterocycles. The van der Waals surface area contributed by atoms with Crippen molar-refractivity contribution in [2.75, 3.05) is 0 Å². The second-order valence-electron chi connectivity index (χ2n) is 11.2. The van der Waals surface area contributed by atoms with Crippen molar-refractivity contribution in [2.24, 2.45) is 0 Å². The molecule has 0 N–H and O–H groups in total. The van der Waals surface area contributed by atoms with E-state index in [4.69, 9.17) is 4.42 Å². The average Bonchev–Trinajstić information content (AvgIpc) is 3.48. The Morgan fingerprint density at radius 1 is 0.917 bits per heavy atom. The number of nitrogens with zero attached hydrogens (tertiary/aromatic N) is 2.